The van der Waals surface area contributed by atoms with E-state index < -0.39 is 24.4 Å². The zero-order valence-corrected chi connectivity index (χ0v) is 24.1. The molecule has 0 unspecified atom stereocenters. The first-order valence-electron chi connectivity index (χ1n) is 14.3. The third-order valence-corrected chi connectivity index (χ3v) is 8.17. The van der Waals surface area contributed by atoms with Crippen molar-refractivity contribution < 1.29 is 18.0 Å². The smallest absolute Gasteiger partial charge is 0.246 e. The Balaban J connectivity index is 1.51. The number of nitrogens with zero attached hydrogens (tertiary/aromatic N) is 9. The highest BCUT2D eigenvalue weighted by Gasteiger charge is 2.34. The largest absolute Gasteiger partial charge is 0.358 e. The van der Waals surface area contributed by atoms with Gasteiger partial charge in [-0.2, -0.15) is 5.26 Å². The summed E-state index contributed by atoms with van der Waals surface area (Å²) in [5.41, 5.74) is 1.64. The number of anilines is 1. The van der Waals surface area contributed by atoms with Gasteiger partial charge in [0.2, 0.25) is 5.91 Å². The molecule has 1 aromatic carbocycles. The first-order chi connectivity index (χ1) is 21.4. The summed E-state index contributed by atoms with van der Waals surface area (Å²) < 4.78 is 45.4. The Morgan fingerprint density at radius 2 is 2.02 bits per heavy atom. The fraction of sp³-hybridized carbons (Fsp3) is 0.323. The van der Waals surface area contributed by atoms with Crippen LogP contribution < -0.4 is 4.90 Å². The number of allylic oxidation sites excluding steroid dienone is 1. The molecule has 4 aromatic heterocycles. The second kappa shape index (κ2) is 11.9. The average Bonchev–Trinajstić information content (AvgIpc) is 3.49. The first-order valence-corrected chi connectivity index (χ1v) is 14.3. The molecule has 0 N–H and O–H groups in total. The Hall–Kier alpha value is -5.12. The van der Waals surface area contributed by atoms with Gasteiger partial charge in [-0.25, -0.2) is 22.8 Å². The van der Waals surface area contributed by atoms with Gasteiger partial charge in [0.1, 0.15) is 29.2 Å². The van der Waals surface area contributed by atoms with E-state index in [2.05, 4.69) is 26.3 Å². The van der Waals surface area contributed by atoms with E-state index in [-0.39, 0.29) is 40.5 Å². The molecule has 0 radical (unpaired) electrons. The summed E-state index contributed by atoms with van der Waals surface area (Å²) in [4.78, 5) is 29.6. The maximum Gasteiger partial charge on any atom is 0.246 e. The normalized spacial score (nSPS) is 17.1. The van der Waals surface area contributed by atoms with Crippen molar-refractivity contribution in [2.75, 3.05) is 31.7 Å². The Morgan fingerprint density at radius 3 is 2.80 bits per heavy atom. The molecule has 10 nitrogen and oxygen atoms in total. The lowest BCUT2D eigenvalue weighted by Gasteiger charge is -2.38. The third-order valence-electron chi connectivity index (χ3n) is 8.17. The number of aromatic nitrogens is 6. The molecule has 224 valence electrons. The number of benzene rings is 1. The van der Waals surface area contributed by atoms with Gasteiger partial charge in [0, 0.05) is 61.0 Å². The van der Waals surface area contributed by atoms with Gasteiger partial charge in [0.25, 0.3) is 0 Å². The molecule has 13 heteroatoms. The summed E-state index contributed by atoms with van der Waals surface area (Å²) in [5, 5.41) is 19.0. The van der Waals surface area contributed by atoms with Crippen LogP contribution in [0, 0.1) is 23.0 Å². The van der Waals surface area contributed by atoms with Gasteiger partial charge < -0.3 is 9.80 Å². The van der Waals surface area contributed by atoms with Crippen LogP contribution in [-0.4, -0.2) is 73.6 Å². The van der Waals surface area contributed by atoms with E-state index >= 15 is 4.39 Å². The molecule has 1 aliphatic heterocycles. The van der Waals surface area contributed by atoms with Gasteiger partial charge in [-0.15, -0.1) is 5.10 Å². The lowest BCUT2D eigenvalue weighted by Crippen LogP contribution is -2.46. The lowest BCUT2D eigenvalue weighted by molar-refractivity contribution is -0.130. The molecule has 0 aliphatic carbocycles. The number of amides is 1. The number of halogens is 3. The number of piperidine rings is 1. The summed E-state index contributed by atoms with van der Waals surface area (Å²) in [6, 6.07) is 7.36. The monoisotopic (exact) mass is 599 g/mol. The molecular weight excluding hydrogens is 571 g/mol. The predicted octanol–water partition coefficient (Wildman–Crippen LogP) is 5.30. The van der Waals surface area contributed by atoms with Crippen molar-refractivity contribution in [1.29, 1.82) is 5.26 Å². The third kappa shape index (κ3) is 4.86. The molecule has 1 aliphatic rings. The van der Waals surface area contributed by atoms with E-state index in [1.165, 1.54) is 30.6 Å². The average molecular weight is 600 g/mol. The van der Waals surface area contributed by atoms with E-state index in [9.17, 15) is 18.8 Å². The number of likely N-dealkylation sites (tertiary alicyclic amines) is 1. The van der Waals surface area contributed by atoms with Crippen LogP contribution >= 0.6 is 0 Å². The number of carbonyl (C=O) groups excluding carboxylic acids is 1. The van der Waals surface area contributed by atoms with Gasteiger partial charge >= 0.3 is 0 Å². The van der Waals surface area contributed by atoms with Gasteiger partial charge in [-0.3, -0.25) is 14.8 Å². The van der Waals surface area contributed by atoms with E-state index in [0.717, 1.165) is 6.08 Å². The van der Waals surface area contributed by atoms with Crippen LogP contribution in [0.5, 0.6) is 0 Å². The molecule has 0 saturated carbocycles. The van der Waals surface area contributed by atoms with Crippen LogP contribution in [0.15, 0.2) is 48.8 Å². The minimum absolute atomic E-state index is 0.0144. The summed E-state index contributed by atoms with van der Waals surface area (Å²) in [6.07, 6.45) is 6.33. The number of hydrogen-bond donors (Lipinski definition) is 0. The molecular formula is C31H28F3N9O. The zero-order chi connectivity index (χ0) is 31.0. The summed E-state index contributed by atoms with van der Waals surface area (Å²) in [7, 11) is 1.82. The maximum atomic E-state index is 16.5. The number of hydrogen-bond acceptors (Lipinski definition) is 8. The molecule has 1 saturated heterocycles. The fourth-order valence-electron chi connectivity index (χ4n) is 5.88. The molecule has 1 amide bonds. The highest BCUT2D eigenvalue weighted by Crippen LogP contribution is 2.38. The Kier molecular flexibility index (Phi) is 7.82. The molecule has 44 heavy (non-hydrogen) atoms. The van der Waals surface area contributed by atoms with Crippen molar-refractivity contribution in [3.8, 4) is 17.3 Å². The maximum absolute atomic E-state index is 16.5. The zero-order valence-electron chi connectivity index (χ0n) is 24.1. The van der Waals surface area contributed by atoms with Crippen LogP contribution in [0.2, 0.25) is 0 Å². The number of carbonyl (C=O) groups is 1. The molecule has 5 heterocycles. The van der Waals surface area contributed by atoms with E-state index in [1.807, 2.05) is 18.9 Å². The van der Waals surface area contributed by atoms with Crippen molar-refractivity contribution in [2.24, 2.45) is 0 Å². The van der Waals surface area contributed by atoms with Crippen molar-refractivity contribution in [1.82, 2.24) is 34.8 Å². The Morgan fingerprint density at radius 1 is 1.18 bits per heavy atom. The van der Waals surface area contributed by atoms with Crippen molar-refractivity contribution in [3.63, 3.8) is 0 Å². The van der Waals surface area contributed by atoms with Crippen LogP contribution in [0.25, 0.3) is 44.1 Å². The van der Waals surface area contributed by atoms with Crippen LogP contribution in [0.3, 0.4) is 0 Å². The van der Waals surface area contributed by atoms with Crippen LogP contribution in [0.1, 0.15) is 32.2 Å². The van der Waals surface area contributed by atoms with Crippen molar-refractivity contribution >= 4 is 44.6 Å². The van der Waals surface area contributed by atoms with Gasteiger partial charge in [0.15, 0.2) is 17.2 Å². The molecule has 2 atom stereocenters. The lowest BCUT2D eigenvalue weighted by atomic mass is 9.94. The molecule has 1 fully saturated rings. The predicted molar refractivity (Wildman–Crippen MR) is 159 cm³/mol. The number of pyridine rings is 3. The van der Waals surface area contributed by atoms with Gasteiger partial charge in [-0.1, -0.05) is 5.21 Å². The fourth-order valence-corrected chi connectivity index (χ4v) is 5.88. The van der Waals surface area contributed by atoms with Crippen LogP contribution in [0.4, 0.5) is 19.0 Å². The number of rotatable bonds is 7. The number of nitriles is 1. The highest BCUT2D eigenvalue weighted by atomic mass is 19.1. The minimum Gasteiger partial charge on any atom is -0.358 e. The van der Waals surface area contributed by atoms with Gasteiger partial charge in [0.05, 0.1) is 24.0 Å². The second-order valence-electron chi connectivity index (χ2n) is 10.6. The summed E-state index contributed by atoms with van der Waals surface area (Å²) >= 11 is 0. The SMILES string of the molecule is CCN(C)c1nc2c(F)c(-c3ccc(F)c4cccnc34)ncc2c2c1nnn2[C@H]1CCN(C(=O)/C=C/CF)[C@H](CC#N)C1. The topological polar surface area (TPSA) is 117 Å². The van der Waals surface area contributed by atoms with Crippen molar-refractivity contribution in [2.45, 2.75) is 38.3 Å². The Labute approximate surface area is 250 Å². The van der Waals surface area contributed by atoms with E-state index in [0.29, 0.717) is 53.7 Å². The number of alkyl halides is 1. The molecule has 0 bridgehead atoms. The Bertz CT molecular complexity index is 1970. The van der Waals surface area contributed by atoms with Crippen LogP contribution in [-0.2, 0) is 4.79 Å². The molecule has 5 aromatic rings. The van der Waals surface area contributed by atoms with Crippen molar-refractivity contribution in [3.05, 3.63) is 60.4 Å². The summed E-state index contributed by atoms with van der Waals surface area (Å²) in [5.74, 6) is -1.09. The first kappa shape index (κ1) is 29.0. The minimum atomic E-state index is -0.758. The van der Waals surface area contributed by atoms with E-state index in [1.54, 1.807) is 21.7 Å². The van der Waals surface area contributed by atoms with E-state index in [4.69, 9.17) is 4.98 Å². The quantitative estimate of drug-likeness (QED) is 0.232. The van der Waals surface area contributed by atoms with Gasteiger partial charge in [-0.05, 0) is 50.1 Å². The summed E-state index contributed by atoms with van der Waals surface area (Å²) in [6.45, 7) is 2.05. The second-order valence-corrected chi connectivity index (χ2v) is 10.6. The standard InChI is InChI=1S/C31H28F3N9O/c1-3-41(2)31-29-30(43(40-39-29)19-11-15-42(18(16-19)10-13-35)24(44)7-4-12-32)22-17-37-27(25(34)28(22)38-31)21-8-9-23(33)20-6-5-14-36-26(20)21/h4-9,14,17-19H,3,10-12,15-16H2,1-2H3/b7-4+/t18-,19+/m1/s1. The molecule has 0 spiro atoms. The molecule has 6 rings (SSSR count). The highest BCUT2D eigenvalue weighted by molar-refractivity contribution is 6.07. The number of fused-ring (bicyclic) bond motifs is 4.